The number of aryl methyl sites for hydroxylation is 1. The average molecular weight is 526 g/mol. The molecular weight excluding hydrogens is 497 g/mol. The highest BCUT2D eigenvalue weighted by molar-refractivity contribution is 7.53. The molecule has 2 heterocycles. The van der Waals surface area contributed by atoms with Crippen LogP contribution in [-0.4, -0.2) is 49.4 Å². The van der Waals surface area contributed by atoms with Crippen molar-refractivity contribution < 1.29 is 18.4 Å². The van der Waals surface area contributed by atoms with Crippen molar-refractivity contribution in [3.63, 3.8) is 0 Å². The third kappa shape index (κ3) is 5.85. The van der Waals surface area contributed by atoms with Gasteiger partial charge in [-0.1, -0.05) is 35.5 Å². The van der Waals surface area contributed by atoms with E-state index in [1.165, 1.54) is 4.57 Å². The molecule has 37 heavy (non-hydrogen) atoms. The van der Waals surface area contributed by atoms with Crippen LogP contribution in [0.3, 0.4) is 0 Å². The fourth-order valence-electron chi connectivity index (χ4n) is 4.03. The van der Waals surface area contributed by atoms with Crippen molar-refractivity contribution in [2.45, 2.75) is 33.4 Å². The molecule has 4 aromatic rings. The maximum atomic E-state index is 13.4. The fraction of sp³-hybridized carbons (Fsp3) is 0.320. The highest BCUT2D eigenvalue weighted by Gasteiger charge is 2.23. The molecule has 194 valence electrons. The van der Waals surface area contributed by atoms with Crippen molar-refractivity contribution in [1.29, 1.82) is 0 Å². The molecule has 0 saturated heterocycles. The quantitative estimate of drug-likeness (QED) is 0.273. The van der Waals surface area contributed by atoms with E-state index in [1.54, 1.807) is 79.3 Å². The summed E-state index contributed by atoms with van der Waals surface area (Å²) < 4.78 is 26.8. The van der Waals surface area contributed by atoms with Crippen LogP contribution in [0.2, 0.25) is 0 Å². The predicted molar refractivity (Wildman–Crippen MR) is 138 cm³/mol. The van der Waals surface area contributed by atoms with E-state index >= 15 is 0 Å². The molecule has 0 radical (unpaired) electrons. The van der Waals surface area contributed by atoms with Gasteiger partial charge in [-0.05, 0) is 44.5 Å². The summed E-state index contributed by atoms with van der Waals surface area (Å²) in [5.41, 5.74) is -0.365. The predicted octanol–water partition coefficient (Wildman–Crippen LogP) is 3.15. The maximum Gasteiger partial charge on any atom is 0.339 e. The van der Waals surface area contributed by atoms with Crippen LogP contribution >= 0.6 is 7.60 Å². The number of benzene rings is 2. The Morgan fingerprint density at radius 1 is 0.973 bits per heavy atom. The molecule has 0 aliphatic heterocycles. The van der Waals surface area contributed by atoms with Gasteiger partial charge in [0.15, 0.2) is 0 Å². The van der Waals surface area contributed by atoms with Crippen molar-refractivity contribution >= 4 is 24.4 Å². The van der Waals surface area contributed by atoms with E-state index in [0.29, 0.717) is 42.0 Å². The van der Waals surface area contributed by atoms with Crippen molar-refractivity contribution in [2.75, 3.05) is 19.4 Å². The highest BCUT2D eigenvalue weighted by Crippen LogP contribution is 2.48. The summed E-state index contributed by atoms with van der Waals surface area (Å²) in [7, 11) is -3.15. The number of nitrogens with zero attached hydrogens (tertiary/aromatic N) is 5. The lowest BCUT2D eigenvalue weighted by Crippen LogP contribution is -2.44. The minimum absolute atomic E-state index is 0.00190. The fourth-order valence-corrected chi connectivity index (χ4v) is 5.68. The zero-order valence-electron chi connectivity index (χ0n) is 20.6. The molecule has 12 heteroatoms. The van der Waals surface area contributed by atoms with Gasteiger partial charge in [-0.3, -0.25) is 23.4 Å². The highest BCUT2D eigenvalue weighted by atomic mass is 31.2. The van der Waals surface area contributed by atoms with E-state index in [4.69, 9.17) is 9.05 Å². The van der Waals surface area contributed by atoms with Gasteiger partial charge in [0.2, 0.25) is 0 Å². The second kappa shape index (κ2) is 11.6. The Hall–Kier alpha value is -3.66. The summed E-state index contributed by atoms with van der Waals surface area (Å²) in [4.78, 5) is 39.7. The maximum absolute atomic E-state index is 13.4. The van der Waals surface area contributed by atoms with Crippen LogP contribution in [0.25, 0.3) is 10.9 Å². The van der Waals surface area contributed by atoms with E-state index in [2.05, 4.69) is 10.3 Å². The molecule has 0 saturated carbocycles. The smallest absolute Gasteiger partial charge is 0.309 e. The number of para-hydroxylation sites is 1. The number of fused-ring (bicyclic) bond motifs is 1. The first-order chi connectivity index (χ1) is 17.9. The van der Waals surface area contributed by atoms with Gasteiger partial charge >= 0.3 is 13.3 Å². The number of carbonyl (C=O) groups excluding carboxylic acids is 1. The molecule has 11 nitrogen and oxygen atoms in total. The molecule has 0 spiro atoms. The first kappa shape index (κ1) is 26.4. The van der Waals surface area contributed by atoms with Crippen LogP contribution in [0.5, 0.6) is 0 Å². The normalized spacial score (nSPS) is 11.7. The standard InChI is InChI=1S/C25H28N5O6P/c1-3-35-37(34,36-4-2)16-10-15-28-17-20(26-27-28)18-29-22-14-9-8-13-21(22)24(32)30(25(29)33)23(31)19-11-6-5-7-12-19/h5-9,11-14,17H,3-4,10,15-16,18H2,1-2H3. The van der Waals surface area contributed by atoms with Crippen LogP contribution in [-0.2, 0) is 26.7 Å². The summed E-state index contributed by atoms with van der Waals surface area (Å²) in [6.07, 6.45) is 2.39. The monoisotopic (exact) mass is 525 g/mol. The van der Waals surface area contributed by atoms with Crippen molar-refractivity contribution in [1.82, 2.24) is 24.1 Å². The van der Waals surface area contributed by atoms with Crippen LogP contribution in [0, 0.1) is 0 Å². The Morgan fingerprint density at radius 2 is 1.65 bits per heavy atom. The Labute approximate surface area is 212 Å². The van der Waals surface area contributed by atoms with Gasteiger partial charge in [0.25, 0.3) is 11.5 Å². The van der Waals surface area contributed by atoms with Crippen molar-refractivity contribution in [3.05, 3.63) is 92.9 Å². The third-order valence-corrected chi connectivity index (χ3v) is 7.82. The number of aromatic nitrogens is 5. The van der Waals surface area contributed by atoms with Crippen LogP contribution in [0.4, 0.5) is 0 Å². The summed E-state index contributed by atoms with van der Waals surface area (Å²) in [5, 5.41) is 8.49. The molecule has 2 aromatic heterocycles. The van der Waals surface area contributed by atoms with Crippen LogP contribution in [0.15, 0.2) is 70.4 Å². The van der Waals surface area contributed by atoms with Gasteiger partial charge < -0.3 is 9.05 Å². The van der Waals surface area contributed by atoms with Crippen LogP contribution in [0.1, 0.15) is 36.3 Å². The third-order valence-electron chi connectivity index (χ3n) is 5.65. The average Bonchev–Trinajstić information content (AvgIpc) is 3.34. The Bertz CT molecular complexity index is 1550. The second-order valence-corrected chi connectivity index (χ2v) is 10.4. The summed E-state index contributed by atoms with van der Waals surface area (Å²) in [5.74, 6) is -0.702. The molecule has 0 atom stereocenters. The van der Waals surface area contributed by atoms with Gasteiger partial charge in [0.05, 0.1) is 43.0 Å². The first-order valence-corrected chi connectivity index (χ1v) is 13.7. The van der Waals surface area contributed by atoms with Crippen molar-refractivity contribution in [2.24, 2.45) is 0 Å². The van der Waals surface area contributed by atoms with Gasteiger partial charge in [-0.15, -0.1) is 5.10 Å². The van der Waals surface area contributed by atoms with Gasteiger partial charge in [-0.25, -0.2) is 4.79 Å². The van der Waals surface area contributed by atoms with Crippen molar-refractivity contribution in [3.8, 4) is 0 Å². The van der Waals surface area contributed by atoms with Gasteiger partial charge in [0, 0.05) is 12.1 Å². The van der Waals surface area contributed by atoms with E-state index in [0.717, 1.165) is 0 Å². The zero-order valence-corrected chi connectivity index (χ0v) is 21.5. The number of rotatable bonds is 11. The second-order valence-electron chi connectivity index (χ2n) is 8.19. The first-order valence-electron chi connectivity index (χ1n) is 12.0. The molecule has 0 unspecified atom stereocenters. The number of hydrogen-bond acceptors (Lipinski definition) is 8. The zero-order chi connectivity index (χ0) is 26.4. The molecular formula is C25H28N5O6P. The van der Waals surface area contributed by atoms with Gasteiger partial charge in [-0.2, -0.15) is 4.57 Å². The van der Waals surface area contributed by atoms with Crippen LogP contribution < -0.4 is 11.2 Å². The molecule has 4 rings (SSSR count). The van der Waals surface area contributed by atoms with E-state index in [-0.39, 0.29) is 23.7 Å². The molecule has 0 N–H and O–H groups in total. The SMILES string of the molecule is CCOP(=O)(CCCn1cc(Cn2c(=O)n(C(=O)c3ccccc3)c(=O)c3ccccc32)nn1)OCC. The largest absolute Gasteiger partial charge is 0.339 e. The van der Waals surface area contributed by atoms with Gasteiger partial charge in [0.1, 0.15) is 5.69 Å². The molecule has 0 bridgehead atoms. The summed E-state index contributed by atoms with van der Waals surface area (Å²) in [6.45, 7) is 4.52. The molecule has 0 fully saturated rings. The number of carbonyl (C=O) groups is 1. The molecule has 0 amide bonds. The minimum atomic E-state index is -3.15. The van der Waals surface area contributed by atoms with E-state index < -0.39 is 24.8 Å². The Morgan fingerprint density at radius 3 is 2.35 bits per heavy atom. The Balaban J connectivity index is 1.61. The lowest BCUT2D eigenvalue weighted by molar-refractivity contribution is 0.0949. The lowest BCUT2D eigenvalue weighted by atomic mass is 10.2. The lowest BCUT2D eigenvalue weighted by Gasteiger charge is -2.16. The Kier molecular flexibility index (Phi) is 8.27. The minimum Gasteiger partial charge on any atom is -0.309 e. The number of hydrogen-bond donors (Lipinski definition) is 0. The van der Waals surface area contributed by atoms with E-state index in [1.807, 2.05) is 0 Å². The molecule has 2 aromatic carbocycles. The topological polar surface area (TPSA) is 127 Å². The summed E-state index contributed by atoms with van der Waals surface area (Å²) >= 11 is 0. The molecule has 0 aliphatic rings. The van der Waals surface area contributed by atoms with E-state index in [9.17, 15) is 18.9 Å². The summed E-state index contributed by atoms with van der Waals surface area (Å²) in [6, 6.07) is 14.8. The molecule has 0 aliphatic carbocycles.